The topological polar surface area (TPSA) is 94.1 Å². The minimum absolute atomic E-state index is 0.0994. The van der Waals surface area contributed by atoms with Crippen molar-refractivity contribution >= 4 is 22.8 Å². The summed E-state index contributed by atoms with van der Waals surface area (Å²) in [6, 6.07) is 11.1. The third-order valence-electron chi connectivity index (χ3n) is 5.45. The predicted octanol–water partition coefficient (Wildman–Crippen LogP) is 3.16. The fourth-order valence-electron chi connectivity index (χ4n) is 3.95. The predicted molar refractivity (Wildman–Crippen MR) is 111 cm³/mol. The van der Waals surface area contributed by atoms with Crippen molar-refractivity contribution in [2.45, 2.75) is 45.2 Å². The summed E-state index contributed by atoms with van der Waals surface area (Å²) in [6.07, 6.45) is 4.05. The maximum absolute atomic E-state index is 13.5. The van der Waals surface area contributed by atoms with E-state index in [1.807, 2.05) is 48.9 Å². The van der Waals surface area contributed by atoms with E-state index >= 15 is 0 Å². The lowest BCUT2D eigenvalue weighted by molar-refractivity contribution is -0.123. The molecule has 2 amide bonds. The minimum Gasteiger partial charge on any atom is -0.368 e. The van der Waals surface area contributed by atoms with E-state index in [1.165, 1.54) is 0 Å². The molecule has 7 heteroatoms. The van der Waals surface area contributed by atoms with E-state index in [9.17, 15) is 9.59 Å². The second-order valence-electron chi connectivity index (χ2n) is 7.75. The number of aromatic nitrogens is 3. The first kappa shape index (κ1) is 19.1. The Morgan fingerprint density at radius 2 is 1.93 bits per heavy atom. The molecule has 7 nitrogen and oxygen atoms in total. The van der Waals surface area contributed by atoms with Gasteiger partial charge in [0.15, 0.2) is 5.65 Å². The average Bonchev–Trinajstić information content (AvgIpc) is 3.17. The summed E-state index contributed by atoms with van der Waals surface area (Å²) in [6.45, 7) is 4.58. The number of nitrogens with zero attached hydrogens (tertiary/aromatic N) is 4. The number of hydrogen-bond acceptors (Lipinski definition) is 4. The quantitative estimate of drug-likeness (QED) is 0.739. The largest absolute Gasteiger partial charge is 0.368 e. The summed E-state index contributed by atoms with van der Waals surface area (Å²) < 4.78 is 1.82. The third-order valence-corrected chi connectivity index (χ3v) is 5.45. The molecule has 0 spiro atoms. The molecule has 1 aliphatic heterocycles. The van der Waals surface area contributed by atoms with Gasteiger partial charge in [0.2, 0.25) is 5.91 Å². The van der Waals surface area contributed by atoms with E-state index in [-0.39, 0.29) is 11.9 Å². The van der Waals surface area contributed by atoms with Crippen LogP contribution in [-0.2, 0) is 4.79 Å². The number of fused-ring (bicyclic) bond motifs is 1. The van der Waals surface area contributed by atoms with Gasteiger partial charge in [-0.15, -0.1) is 0 Å². The molecule has 1 aromatic carbocycles. The van der Waals surface area contributed by atoms with Crippen LogP contribution in [0, 0.1) is 0 Å². The summed E-state index contributed by atoms with van der Waals surface area (Å²) in [5, 5.41) is 5.16. The van der Waals surface area contributed by atoms with E-state index < -0.39 is 11.9 Å². The maximum atomic E-state index is 13.5. The zero-order valence-electron chi connectivity index (χ0n) is 16.7. The second-order valence-corrected chi connectivity index (χ2v) is 7.75. The zero-order valence-corrected chi connectivity index (χ0v) is 16.7. The standard InChI is InChI=1S/C22H25N5O2/c1-14(2)27-21-17(13-24-27)16(12-18(25-21)15-8-4-3-5-9-15)22(29)26-11-7-6-10-19(26)20(23)28/h3-5,8-9,12-14,19H,6-7,10-11H2,1-2H3,(H2,23,28). The summed E-state index contributed by atoms with van der Waals surface area (Å²) in [4.78, 5) is 31.9. The molecule has 0 aliphatic carbocycles. The van der Waals surface area contributed by atoms with Crippen molar-refractivity contribution in [2.24, 2.45) is 5.73 Å². The SMILES string of the molecule is CC(C)n1ncc2c(C(=O)N3CCCCC3C(N)=O)cc(-c3ccccc3)nc21. The first-order valence-corrected chi connectivity index (χ1v) is 10.0. The molecule has 3 heterocycles. The van der Waals surface area contributed by atoms with Gasteiger partial charge >= 0.3 is 0 Å². The molecule has 150 valence electrons. The molecule has 0 radical (unpaired) electrons. The lowest BCUT2D eigenvalue weighted by atomic mass is 9.99. The maximum Gasteiger partial charge on any atom is 0.255 e. The highest BCUT2D eigenvalue weighted by atomic mass is 16.2. The van der Waals surface area contributed by atoms with E-state index in [0.29, 0.717) is 35.3 Å². The number of piperidine rings is 1. The number of primary amides is 1. The minimum atomic E-state index is -0.570. The first-order chi connectivity index (χ1) is 14.0. The van der Waals surface area contributed by atoms with Gasteiger partial charge in [0.05, 0.1) is 22.8 Å². The van der Waals surface area contributed by atoms with Gasteiger partial charge in [-0.05, 0) is 39.2 Å². The number of amides is 2. The number of carbonyl (C=O) groups is 2. The highest BCUT2D eigenvalue weighted by molar-refractivity contribution is 6.07. The molecule has 29 heavy (non-hydrogen) atoms. The Morgan fingerprint density at radius 1 is 1.17 bits per heavy atom. The molecule has 4 rings (SSSR count). The smallest absolute Gasteiger partial charge is 0.255 e. The van der Waals surface area contributed by atoms with Crippen molar-refractivity contribution in [3.05, 3.63) is 48.2 Å². The van der Waals surface area contributed by atoms with Crippen molar-refractivity contribution < 1.29 is 9.59 Å². The Hall–Kier alpha value is -3.22. The number of nitrogens with two attached hydrogens (primary N) is 1. The number of rotatable bonds is 4. The molecule has 1 aliphatic rings. The van der Waals surface area contributed by atoms with Crippen LogP contribution in [0.25, 0.3) is 22.3 Å². The molecule has 1 unspecified atom stereocenters. The molecular formula is C22H25N5O2. The highest BCUT2D eigenvalue weighted by Crippen LogP contribution is 2.29. The van der Waals surface area contributed by atoms with E-state index in [2.05, 4.69) is 5.10 Å². The number of hydrogen-bond donors (Lipinski definition) is 1. The molecule has 1 fully saturated rings. The van der Waals surface area contributed by atoms with Gasteiger partial charge in [0, 0.05) is 18.2 Å². The summed E-state index contributed by atoms with van der Waals surface area (Å²) in [7, 11) is 0. The number of likely N-dealkylation sites (tertiary alicyclic amines) is 1. The van der Waals surface area contributed by atoms with Crippen LogP contribution in [0.5, 0.6) is 0 Å². The first-order valence-electron chi connectivity index (χ1n) is 10.0. The number of pyridine rings is 1. The summed E-state index contributed by atoms with van der Waals surface area (Å²) in [5.41, 5.74) is 8.39. The number of benzene rings is 1. The van der Waals surface area contributed by atoms with Gasteiger partial charge in [-0.3, -0.25) is 9.59 Å². The van der Waals surface area contributed by atoms with E-state index in [4.69, 9.17) is 10.7 Å². The lowest BCUT2D eigenvalue weighted by Gasteiger charge is -2.33. The van der Waals surface area contributed by atoms with E-state index in [0.717, 1.165) is 18.4 Å². The third kappa shape index (κ3) is 3.48. The zero-order chi connectivity index (χ0) is 20.5. The molecule has 1 atom stereocenters. The molecule has 2 N–H and O–H groups in total. The van der Waals surface area contributed by atoms with Crippen molar-refractivity contribution in [1.82, 2.24) is 19.7 Å². The summed E-state index contributed by atoms with van der Waals surface area (Å²) in [5.74, 6) is -0.647. The molecular weight excluding hydrogens is 366 g/mol. The van der Waals surface area contributed by atoms with Crippen LogP contribution in [-0.4, -0.2) is 44.1 Å². The van der Waals surface area contributed by atoms with Gasteiger partial charge < -0.3 is 10.6 Å². The normalized spacial score (nSPS) is 17.1. The van der Waals surface area contributed by atoms with Crippen molar-refractivity contribution in [3.8, 4) is 11.3 Å². The van der Waals surface area contributed by atoms with Gasteiger partial charge in [-0.2, -0.15) is 5.10 Å². The summed E-state index contributed by atoms with van der Waals surface area (Å²) >= 11 is 0. The molecule has 3 aromatic rings. The highest BCUT2D eigenvalue weighted by Gasteiger charge is 2.32. The Morgan fingerprint density at radius 3 is 2.62 bits per heavy atom. The van der Waals surface area contributed by atoms with Crippen molar-refractivity contribution in [2.75, 3.05) is 6.54 Å². The molecule has 1 saturated heterocycles. The van der Waals surface area contributed by atoms with Gasteiger partial charge in [0.1, 0.15) is 6.04 Å². The fourth-order valence-corrected chi connectivity index (χ4v) is 3.95. The van der Waals surface area contributed by atoms with Gasteiger partial charge in [0.25, 0.3) is 5.91 Å². The second kappa shape index (κ2) is 7.66. The van der Waals surface area contributed by atoms with Crippen LogP contribution < -0.4 is 5.73 Å². The monoisotopic (exact) mass is 391 g/mol. The van der Waals surface area contributed by atoms with Crippen LogP contribution >= 0.6 is 0 Å². The van der Waals surface area contributed by atoms with Crippen molar-refractivity contribution in [1.29, 1.82) is 0 Å². The Balaban J connectivity index is 1.88. The van der Waals surface area contributed by atoms with Crippen LogP contribution in [0.15, 0.2) is 42.6 Å². The average molecular weight is 391 g/mol. The van der Waals surface area contributed by atoms with Crippen LogP contribution in [0.3, 0.4) is 0 Å². The van der Waals surface area contributed by atoms with Crippen LogP contribution in [0.1, 0.15) is 49.5 Å². The molecule has 0 saturated carbocycles. The fraction of sp³-hybridized carbons (Fsp3) is 0.364. The molecule has 0 bridgehead atoms. The van der Waals surface area contributed by atoms with Crippen molar-refractivity contribution in [3.63, 3.8) is 0 Å². The van der Waals surface area contributed by atoms with E-state index in [1.54, 1.807) is 17.2 Å². The Labute approximate surface area is 169 Å². The molecule has 2 aromatic heterocycles. The Kier molecular flexibility index (Phi) is 5.05. The lowest BCUT2D eigenvalue weighted by Crippen LogP contribution is -2.50. The van der Waals surface area contributed by atoms with Crippen LogP contribution in [0.4, 0.5) is 0 Å². The van der Waals surface area contributed by atoms with Gasteiger partial charge in [-0.1, -0.05) is 30.3 Å². The van der Waals surface area contributed by atoms with Crippen LogP contribution in [0.2, 0.25) is 0 Å². The Bertz CT molecular complexity index is 1060. The number of carbonyl (C=O) groups excluding carboxylic acids is 2. The van der Waals surface area contributed by atoms with Gasteiger partial charge in [-0.25, -0.2) is 9.67 Å².